The second-order valence-electron chi connectivity index (χ2n) is 8.20. The molecule has 1 unspecified atom stereocenters. The standard InChI is InChI=1S/C22H24F2O4S/c1-14(19-4-3-5-20-21(19)28-22(23,24)27-20)12-15-6-7-17(13-15)16-8-10-18(11-9-16)29(2,25)26/h3-5,8-11,14-15,17H,6-7,12-13H2,1-2H3/t14-,15?,17-/m0/s1. The minimum Gasteiger partial charge on any atom is -0.395 e. The van der Waals surface area contributed by atoms with Gasteiger partial charge in [0.2, 0.25) is 0 Å². The Morgan fingerprint density at radius 3 is 2.52 bits per heavy atom. The monoisotopic (exact) mass is 422 g/mol. The van der Waals surface area contributed by atoms with Crippen molar-refractivity contribution in [2.45, 2.75) is 55.6 Å². The summed E-state index contributed by atoms with van der Waals surface area (Å²) in [5, 5.41) is 0. The van der Waals surface area contributed by atoms with Crippen LogP contribution in [0.1, 0.15) is 55.6 Å². The molecule has 1 aliphatic heterocycles. The Morgan fingerprint density at radius 1 is 1.10 bits per heavy atom. The normalized spacial score (nSPS) is 23.9. The quantitative estimate of drug-likeness (QED) is 0.639. The van der Waals surface area contributed by atoms with Gasteiger partial charge in [-0.3, -0.25) is 0 Å². The maximum absolute atomic E-state index is 13.4. The fourth-order valence-electron chi connectivity index (χ4n) is 4.58. The Labute approximate surface area is 169 Å². The molecular weight excluding hydrogens is 398 g/mol. The van der Waals surface area contributed by atoms with Crippen molar-refractivity contribution < 1.29 is 26.7 Å². The second-order valence-corrected chi connectivity index (χ2v) is 10.2. The van der Waals surface area contributed by atoms with E-state index in [1.54, 1.807) is 18.2 Å². The van der Waals surface area contributed by atoms with Gasteiger partial charge in [-0.05, 0) is 67.2 Å². The van der Waals surface area contributed by atoms with E-state index in [2.05, 4.69) is 4.74 Å². The molecule has 2 aliphatic rings. The molecule has 0 amide bonds. The fraction of sp³-hybridized carbons (Fsp3) is 0.455. The molecule has 4 nitrogen and oxygen atoms in total. The molecule has 29 heavy (non-hydrogen) atoms. The second kappa shape index (κ2) is 7.27. The lowest BCUT2D eigenvalue weighted by atomic mass is 9.87. The Kier molecular flexibility index (Phi) is 5.05. The van der Waals surface area contributed by atoms with Crippen LogP contribution in [0.15, 0.2) is 47.4 Å². The number of sulfone groups is 1. The van der Waals surface area contributed by atoms with Crippen molar-refractivity contribution in [3.63, 3.8) is 0 Å². The first-order valence-electron chi connectivity index (χ1n) is 9.81. The van der Waals surface area contributed by atoms with Crippen molar-refractivity contribution in [2.24, 2.45) is 5.92 Å². The summed E-state index contributed by atoms with van der Waals surface area (Å²) in [7, 11) is -3.19. The molecule has 1 saturated carbocycles. The molecule has 1 fully saturated rings. The van der Waals surface area contributed by atoms with E-state index >= 15 is 0 Å². The number of rotatable bonds is 5. The predicted molar refractivity (Wildman–Crippen MR) is 105 cm³/mol. The molecule has 0 bridgehead atoms. The van der Waals surface area contributed by atoms with Gasteiger partial charge < -0.3 is 9.47 Å². The summed E-state index contributed by atoms with van der Waals surface area (Å²) in [6.07, 6.45) is 1.59. The first-order valence-corrected chi connectivity index (χ1v) is 11.7. The SMILES string of the molecule is C[C@@H](CC1CC[C@H](c2ccc(S(C)(=O)=O)cc2)C1)c1cccc2c1OC(F)(F)O2. The molecule has 0 aromatic heterocycles. The topological polar surface area (TPSA) is 52.6 Å². The van der Waals surface area contributed by atoms with Crippen molar-refractivity contribution in [1.29, 1.82) is 0 Å². The third-order valence-electron chi connectivity index (χ3n) is 6.00. The number of hydrogen-bond acceptors (Lipinski definition) is 4. The van der Waals surface area contributed by atoms with Gasteiger partial charge in [0, 0.05) is 11.8 Å². The zero-order valence-electron chi connectivity index (χ0n) is 16.4. The van der Waals surface area contributed by atoms with Gasteiger partial charge >= 0.3 is 6.29 Å². The smallest absolute Gasteiger partial charge is 0.395 e. The summed E-state index contributed by atoms with van der Waals surface area (Å²) in [4.78, 5) is 0.335. The lowest BCUT2D eigenvalue weighted by Crippen LogP contribution is -2.26. The van der Waals surface area contributed by atoms with Crippen LogP contribution in [-0.4, -0.2) is 21.0 Å². The van der Waals surface area contributed by atoms with Crippen LogP contribution < -0.4 is 9.47 Å². The molecule has 3 atom stereocenters. The van der Waals surface area contributed by atoms with Gasteiger partial charge in [-0.15, -0.1) is 8.78 Å². The van der Waals surface area contributed by atoms with Gasteiger partial charge in [0.25, 0.3) is 0 Å². The van der Waals surface area contributed by atoms with E-state index in [-0.39, 0.29) is 17.4 Å². The van der Waals surface area contributed by atoms with E-state index in [9.17, 15) is 17.2 Å². The van der Waals surface area contributed by atoms with E-state index in [0.717, 1.165) is 36.8 Å². The van der Waals surface area contributed by atoms with Gasteiger partial charge in [-0.25, -0.2) is 8.42 Å². The first-order chi connectivity index (χ1) is 13.6. The van der Waals surface area contributed by atoms with Crippen molar-refractivity contribution in [2.75, 3.05) is 6.26 Å². The molecule has 0 saturated heterocycles. The minimum absolute atomic E-state index is 0.0683. The van der Waals surface area contributed by atoms with Crippen LogP contribution >= 0.6 is 0 Å². The van der Waals surface area contributed by atoms with E-state index in [0.29, 0.717) is 16.7 Å². The van der Waals surface area contributed by atoms with Crippen LogP contribution in [0.5, 0.6) is 11.5 Å². The van der Waals surface area contributed by atoms with Crippen LogP contribution in [0.25, 0.3) is 0 Å². The molecule has 1 aliphatic carbocycles. The highest BCUT2D eigenvalue weighted by Gasteiger charge is 2.45. The predicted octanol–water partition coefficient (Wildman–Crippen LogP) is 5.49. The Morgan fingerprint density at radius 2 is 1.83 bits per heavy atom. The van der Waals surface area contributed by atoms with Crippen LogP contribution in [0, 0.1) is 5.92 Å². The summed E-state index contributed by atoms with van der Waals surface area (Å²) in [6.45, 7) is 2.03. The summed E-state index contributed by atoms with van der Waals surface area (Å²) in [5.74, 6) is 1.18. The average Bonchev–Trinajstić information content (AvgIpc) is 3.23. The highest BCUT2D eigenvalue weighted by molar-refractivity contribution is 7.90. The largest absolute Gasteiger partial charge is 0.586 e. The molecule has 4 rings (SSSR count). The van der Waals surface area contributed by atoms with Crippen molar-refractivity contribution in [3.05, 3.63) is 53.6 Å². The summed E-state index contributed by atoms with van der Waals surface area (Å²) >= 11 is 0. The number of alkyl halides is 2. The van der Waals surface area contributed by atoms with Crippen LogP contribution in [-0.2, 0) is 9.84 Å². The maximum Gasteiger partial charge on any atom is 0.586 e. The Bertz CT molecular complexity index is 1000. The fourth-order valence-corrected chi connectivity index (χ4v) is 5.21. The lowest BCUT2D eigenvalue weighted by molar-refractivity contribution is -0.287. The van der Waals surface area contributed by atoms with Crippen LogP contribution in [0.2, 0.25) is 0 Å². The third kappa shape index (κ3) is 4.25. The lowest BCUT2D eigenvalue weighted by Gasteiger charge is -2.19. The van der Waals surface area contributed by atoms with E-state index in [1.165, 1.54) is 12.3 Å². The van der Waals surface area contributed by atoms with Gasteiger partial charge in [0.05, 0.1) is 4.90 Å². The molecule has 0 N–H and O–H groups in total. The molecular formula is C22H24F2O4S. The van der Waals surface area contributed by atoms with Crippen LogP contribution in [0.4, 0.5) is 8.78 Å². The number of ether oxygens (including phenoxy) is 2. The highest BCUT2D eigenvalue weighted by atomic mass is 32.2. The van der Waals surface area contributed by atoms with E-state index in [4.69, 9.17) is 4.74 Å². The number of benzene rings is 2. The minimum atomic E-state index is -3.60. The zero-order chi connectivity index (χ0) is 20.8. The third-order valence-corrected chi connectivity index (χ3v) is 7.13. The van der Waals surface area contributed by atoms with Crippen molar-refractivity contribution in [3.8, 4) is 11.5 Å². The zero-order valence-corrected chi connectivity index (χ0v) is 17.2. The molecule has 1 heterocycles. The maximum atomic E-state index is 13.4. The van der Waals surface area contributed by atoms with E-state index in [1.807, 2.05) is 25.1 Å². The summed E-state index contributed by atoms with van der Waals surface area (Å²) < 4.78 is 59.4. The molecule has 2 aromatic carbocycles. The highest BCUT2D eigenvalue weighted by Crippen LogP contribution is 2.48. The molecule has 7 heteroatoms. The van der Waals surface area contributed by atoms with E-state index < -0.39 is 16.1 Å². The number of halogens is 2. The molecule has 156 valence electrons. The Balaban J connectivity index is 1.42. The number of fused-ring (bicyclic) bond motifs is 1. The van der Waals surface area contributed by atoms with Gasteiger partial charge in [0.1, 0.15) is 0 Å². The molecule has 0 spiro atoms. The Hall–Kier alpha value is -2.15. The first kappa shape index (κ1) is 20.1. The van der Waals surface area contributed by atoms with Crippen LogP contribution in [0.3, 0.4) is 0 Å². The average molecular weight is 422 g/mol. The van der Waals surface area contributed by atoms with Gasteiger partial charge in [-0.2, -0.15) is 0 Å². The summed E-state index contributed by atoms with van der Waals surface area (Å²) in [5.41, 5.74) is 1.91. The van der Waals surface area contributed by atoms with Gasteiger partial charge in [0.15, 0.2) is 21.3 Å². The number of para-hydroxylation sites is 1. The van der Waals surface area contributed by atoms with Crippen molar-refractivity contribution in [1.82, 2.24) is 0 Å². The summed E-state index contributed by atoms with van der Waals surface area (Å²) in [6, 6.07) is 12.2. The molecule has 0 radical (unpaired) electrons. The van der Waals surface area contributed by atoms with Crippen molar-refractivity contribution >= 4 is 9.84 Å². The molecule has 2 aromatic rings. The van der Waals surface area contributed by atoms with Gasteiger partial charge in [-0.1, -0.05) is 31.2 Å². The number of hydrogen-bond donors (Lipinski definition) is 0.